The van der Waals surface area contributed by atoms with E-state index >= 15 is 0 Å². The lowest BCUT2D eigenvalue weighted by Crippen LogP contribution is -2.09. The molecule has 0 heterocycles. The second-order valence-electron chi connectivity index (χ2n) is 3.06. The molecule has 0 saturated carbocycles. The largest absolute Gasteiger partial charge is 0.381 e. The Morgan fingerprint density at radius 3 is 2.43 bits per heavy atom. The minimum Gasteiger partial charge on any atom is -0.381 e. The fraction of sp³-hybridized carbons (Fsp3) is 0.455. The average molecular weight is 233 g/mol. The molecule has 0 aliphatic heterocycles. The first kappa shape index (κ1) is 11.8. The number of alkyl halides is 1. The molecule has 1 nitrogen and oxygen atoms in total. The van der Waals surface area contributed by atoms with Gasteiger partial charge in [-0.3, -0.25) is 0 Å². The normalized spacial score (nSPS) is 12.8. The summed E-state index contributed by atoms with van der Waals surface area (Å²) in [6.45, 7) is 3.37. The molecule has 0 bridgehead atoms. The van der Waals surface area contributed by atoms with Gasteiger partial charge in [0, 0.05) is 23.4 Å². The Morgan fingerprint density at radius 1 is 1.29 bits per heavy atom. The van der Waals surface area contributed by atoms with Gasteiger partial charge in [0.15, 0.2) is 0 Å². The molecule has 3 heteroatoms. The van der Waals surface area contributed by atoms with E-state index in [4.69, 9.17) is 27.9 Å². The van der Waals surface area contributed by atoms with Crippen LogP contribution < -0.4 is 0 Å². The average Bonchev–Trinajstić information content (AvgIpc) is 2.21. The lowest BCUT2D eigenvalue weighted by atomic mass is 10.0. The van der Waals surface area contributed by atoms with E-state index in [1.54, 1.807) is 0 Å². The summed E-state index contributed by atoms with van der Waals surface area (Å²) >= 11 is 11.7. The molecule has 1 aromatic carbocycles. The summed E-state index contributed by atoms with van der Waals surface area (Å²) in [6.07, 6.45) is 0. The number of halogens is 2. The summed E-state index contributed by atoms with van der Waals surface area (Å²) in [6, 6.07) is 7.74. The molecule has 1 atom stereocenters. The Morgan fingerprint density at radius 2 is 1.93 bits per heavy atom. The molecule has 78 valence electrons. The zero-order valence-corrected chi connectivity index (χ0v) is 9.68. The Kier molecular flexibility index (Phi) is 5.31. The van der Waals surface area contributed by atoms with Gasteiger partial charge in [0.1, 0.15) is 0 Å². The van der Waals surface area contributed by atoms with Crippen molar-refractivity contribution in [1.29, 1.82) is 0 Å². The standard InChI is InChI=1S/C11H14Cl2O/c1-2-14-8-10(7-12)9-3-5-11(13)6-4-9/h3-6,10H,2,7-8H2,1H3. The molecule has 0 fully saturated rings. The first-order valence-electron chi connectivity index (χ1n) is 4.67. The maximum absolute atomic E-state index is 5.86. The molecule has 0 saturated heterocycles. The van der Waals surface area contributed by atoms with Crippen LogP contribution in [0.1, 0.15) is 18.4 Å². The van der Waals surface area contributed by atoms with E-state index in [9.17, 15) is 0 Å². The molecule has 0 radical (unpaired) electrons. The van der Waals surface area contributed by atoms with Gasteiger partial charge >= 0.3 is 0 Å². The quantitative estimate of drug-likeness (QED) is 0.704. The van der Waals surface area contributed by atoms with Gasteiger partial charge in [-0.15, -0.1) is 11.6 Å². The Balaban J connectivity index is 2.64. The highest BCUT2D eigenvalue weighted by Crippen LogP contribution is 2.20. The number of hydrogen-bond donors (Lipinski definition) is 0. The first-order valence-corrected chi connectivity index (χ1v) is 5.58. The van der Waals surface area contributed by atoms with E-state index in [1.165, 1.54) is 5.56 Å². The molecule has 0 aliphatic carbocycles. The van der Waals surface area contributed by atoms with Crippen molar-refractivity contribution in [1.82, 2.24) is 0 Å². The van der Waals surface area contributed by atoms with Crippen molar-refractivity contribution in [2.45, 2.75) is 12.8 Å². The van der Waals surface area contributed by atoms with Crippen molar-refractivity contribution < 1.29 is 4.74 Å². The summed E-state index contributed by atoms with van der Waals surface area (Å²) in [5, 5.41) is 0.749. The van der Waals surface area contributed by atoms with Crippen LogP contribution in [0.25, 0.3) is 0 Å². The van der Waals surface area contributed by atoms with Crippen LogP contribution in [0.3, 0.4) is 0 Å². The van der Waals surface area contributed by atoms with Gasteiger partial charge in [-0.2, -0.15) is 0 Å². The van der Waals surface area contributed by atoms with Gasteiger partial charge in [-0.1, -0.05) is 23.7 Å². The lowest BCUT2D eigenvalue weighted by molar-refractivity contribution is 0.137. The van der Waals surface area contributed by atoms with Crippen LogP contribution in [0.5, 0.6) is 0 Å². The molecule has 1 rings (SSSR count). The molecule has 14 heavy (non-hydrogen) atoms. The van der Waals surface area contributed by atoms with E-state index in [0.717, 1.165) is 11.6 Å². The topological polar surface area (TPSA) is 9.23 Å². The monoisotopic (exact) mass is 232 g/mol. The third-order valence-electron chi connectivity index (χ3n) is 2.05. The smallest absolute Gasteiger partial charge is 0.0546 e. The number of rotatable bonds is 5. The van der Waals surface area contributed by atoms with Crippen molar-refractivity contribution in [2.24, 2.45) is 0 Å². The van der Waals surface area contributed by atoms with Crippen LogP contribution in [0.2, 0.25) is 5.02 Å². The van der Waals surface area contributed by atoms with Crippen LogP contribution in [-0.4, -0.2) is 19.1 Å². The van der Waals surface area contributed by atoms with Gasteiger partial charge in [0.25, 0.3) is 0 Å². The highest BCUT2D eigenvalue weighted by molar-refractivity contribution is 6.30. The Bertz CT molecular complexity index is 258. The van der Waals surface area contributed by atoms with Gasteiger partial charge in [-0.25, -0.2) is 0 Å². The SMILES string of the molecule is CCOCC(CCl)c1ccc(Cl)cc1. The highest BCUT2D eigenvalue weighted by Gasteiger charge is 2.09. The lowest BCUT2D eigenvalue weighted by Gasteiger charge is -2.13. The highest BCUT2D eigenvalue weighted by atomic mass is 35.5. The molecular weight excluding hydrogens is 219 g/mol. The summed E-state index contributed by atoms with van der Waals surface area (Å²) in [5.41, 5.74) is 1.18. The van der Waals surface area contributed by atoms with Crippen molar-refractivity contribution in [3.8, 4) is 0 Å². The van der Waals surface area contributed by atoms with E-state index in [2.05, 4.69) is 0 Å². The van der Waals surface area contributed by atoms with Gasteiger partial charge in [-0.05, 0) is 24.6 Å². The van der Waals surface area contributed by atoms with Crippen LogP contribution in [0.4, 0.5) is 0 Å². The molecule has 0 N–H and O–H groups in total. The second-order valence-corrected chi connectivity index (χ2v) is 3.81. The zero-order chi connectivity index (χ0) is 10.4. The maximum atomic E-state index is 5.86. The van der Waals surface area contributed by atoms with Crippen molar-refractivity contribution in [3.63, 3.8) is 0 Å². The minimum atomic E-state index is 0.258. The minimum absolute atomic E-state index is 0.258. The molecule has 0 spiro atoms. The molecule has 0 aromatic heterocycles. The van der Waals surface area contributed by atoms with Crippen molar-refractivity contribution in [3.05, 3.63) is 34.9 Å². The zero-order valence-electron chi connectivity index (χ0n) is 8.17. The number of hydrogen-bond acceptors (Lipinski definition) is 1. The fourth-order valence-electron chi connectivity index (χ4n) is 1.22. The third-order valence-corrected chi connectivity index (χ3v) is 2.68. The van der Waals surface area contributed by atoms with E-state index in [-0.39, 0.29) is 5.92 Å². The summed E-state index contributed by atoms with van der Waals surface area (Å²) in [4.78, 5) is 0. The summed E-state index contributed by atoms with van der Waals surface area (Å²) in [5.74, 6) is 0.829. The van der Waals surface area contributed by atoms with Gasteiger partial charge in [0.05, 0.1) is 6.61 Å². The maximum Gasteiger partial charge on any atom is 0.0546 e. The predicted molar refractivity (Wildman–Crippen MR) is 61.4 cm³/mol. The first-order chi connectivity index (χ1) is 6.77. The molecule has 1 aromatic rings. The van der Waals surface area contributed by atoms with E-state index in [1.807, 2.05) is 31.2 Å². The summed E-state index contributed by atoms with van der Waals surface area (Å²) in [7, 11) is 0. The fourth-order valence-corrected chi connectivity index (χ4v) is 1.62. The molecular formula is C11H14Cl2O. The molecule has 1 unspecified atom stereocenters. The number of ether oxygens (including phenoxy) is 1. The summed E-state index contributed by atoms with van der Waals surface area (Å²) < 4.78 is 5.35. The Hall–Kier alpha value is -0.240. The van der Waals surface area contributed by atoms with Crippen LogP contribution in [-0.2, 0) is 4.74 Å². The Labute approximate surface area is 95.0 Å². The van der Waals surface area contributed by atoms with Crippen LogP contribution in [0, 0.1) is 0 Å². The van der Waals surface area contributed by atoms with E-state index < -0.39 is 0 Å². The second kappa shape index (κ2) is 6.28. The predicted octanol–water partition coefficient (Wildman–Crippen LogP) is 3.70. The van der Waals surface area contributed by atoms with E-state index in [0.29, 0.717) is 12.5 Å². The molecule has 0 amide bonds. The van der Waals surface area contributed by atoms with Crippen LogP contribution >= 0.6 is 23.2 Å². The van der Waals surface area contributed by atoms with Gasteiger partial charge in [0.2, 0.25) is 0 Å². The molecule has 0 aliphatic rings. The van der Waals surface area contributed by atoms with Crippen molar-refractivity contribution in [2.75, 3.05) is 19.1 Å². The van der Waals surface area contributed by atoms with Crippen molar-refractivity contribution >= 4 is 23.2 Å². The van der Waals surface area contributed by atoms with Crippen LogP contribution in [0.15, 0.2) is 24.3 Å². The van der Waals surface area contributed by atoms with Gasteiger partial charge < -0.3 is 4.74 Å². The third kappa shape index (κ3) is 3.49. The number of benzene rings is 1.